The van der Waals surface area contributed by atoms with E-state index in [0.717, 1.165) is 38.8 Å². The van der Waals surface area contributed by atoms with Gasteiger partial charge in [0.2, 0.25) is 0 Å². The molecule has 0 saturated carbocycles. The number of imidazole rings is 1. The van der Waals surface area contributed by atoms with E-state index >= 15 is 0 Å². The molecule has 5 heterocycles. The molecule has 0 aliphatic rings. The van der Waals surface area contributed by atoms with Gasteiger partial charge in [0.25, 0.3) is 0 Å². The number of aromatic amines is 2. The van der Waals surface area contributed by atoms with E-state index in [4.69, 9.17) is 9.72 Å². The van der Waals surface area contributed by atoms with Crippen molar-refractivity contribution in [2.24, 2.45) is 0 Å². The maximum Gasteiger partial charge on any atom is 0.181 e. The molecule has 0 spiro atoms. The highest BCUT2D eigenvalue weighted by molar-refractivity contribution is 5.96. The number of ether oxygens (including phenoxy) is 1. The molecule has 0 saturated heterocycles. The van der Waals surface area contributed by atoms with Gasteiger partial charge in [-0.1, -0.05) is 36.4 Å². The Morgan fingerprint density at radius 1 is 0.850 bits per heavy atom. The average molecular weight is 528 g/mol. The summed E-state index contributed by atoms with van der Waals surface area (Å²) in [5.74, 6) is 0.932. The number of halogens is 1. The molecule has 2 aromatic carbocycles. The average Bonchev–Trinajstić information content (AvgIpc) is 3.60. The van der Waals surface area contributed by atoms with Crippen molar-refractivity contribution in [2.45, 2.75) is 13.5 Å². The summed E-state index contributed by atoms with van der Waals surface area (Å²) in [5.41, 5.74) is 7.66. The van der Waals surface area contributed by atoms with Crippen molar-refractivity contribution in [1.82, 2.24) is 35.1 Å². The minimum Gasteiger partial charge on any atom is -0.487 e. The first-order chi connectivity index (χ1) is 19.6. The van der Waals surface area contributed by atoms with E-state index < -0.39 is 0 Å². The Morgan fingerprint density at radius 2 is 1.73 bits per heavy atom. The molecule has 9 heteroatoms. The molecule has 0 aliphatic carbocycles. The Balaban J connectivity index is 1.25. The summed E-state index contributed by atoms with van der Waals surface area (Å²) in [5, 5.41) is 8.23. The zero-order valence-electron chi connectivity index (χ0n) is 21.4. The zero-order valence-corrected chi connectivity index (χ0v) is 21.4. The lowest BCUT2D eigenvalue weighted by Gasteiger charge is -2.08. The molecular weight excluding hydrogens is 505 g/mol. The molecule has 0 amide bonds. The van der Waals surface area contributed by atoms with Crippen LogP contribution >= 0.6 is 0 Å². The Labute approximate surface area is 228 Å². The fourth-order valence-electron chi connectivity index (χ4n) is 4.80. The molecule has 194 valence electrons. The molecule has 0 bridgehead atoms. The molecule has 0 atom stereocenters. The van der Waals surface area contributed by atoms with Gasteiger partial charge in [0.1, 0.15) is 23.9 Å². The predicted octanol–water partition coefficient (Wildman–Crippen LogP) is 6.65. The van der Waals surface area contributed by atoms with E-state index in [2.05, 4.69) is 30.1 Å². The standard InChI is InChI=1S/C31H22FN7O/c1-18-9-20(11-23(32)10-18)25-7-8-34-30-27(25)36-31(37-30)28-26-13-22(15-35-29(26)39-38-28)21-12-24(16-33-14-21)40-17-19-5-3-2-4-6-19/h2-16H,17H2,1H3,(H,34,36,37)(H,35,38,39). The summed E-state index contributed by atoms with van der Waals surface area (Å²) in [6, 6.07) is 20.7. The minimum atomic E-state index is -0.290. The summed E-state index contributed by atoms with van der Waals surface area (Å²) in [6.07, 6.45) is 6.90. The number of pyridine rings is 3. The number of nitrogens with zero attached hydrogens (tertiary/aromatic N) is 5. The number of hydrogen-bond donors (Lipinski definition) is 2. The maximum atomic E-state index is 14.2. The van der Waals surface area contributed by atoms with Crippen LogP contribution in [0.25, 0.3) is 56.0 Å². The van der Waals surface area contributed by atoms with Crippen LogP contribution in [0.3, 0.4) is 0 Å². The van der Waals surface area contributed by atoms with Crippen molar-refractivity contribution in [3.05, 3.63) is 108 Å². The van der Waals surface area contributed by atoms with Crippen molar-refractivity contribution < 1.29 is 9.13 Å². The first-order valence-corrected chi connectivity index (χ1v) is 12.7. The van der Waals surface area contributed by atoms with E-state index in [1.807, 2.05) is 61.5 Å². The topological polar surface area (TPSA) is 105 Å². The van der Waals surface area contributed by atoms with E-state index in [1.165, 1.54) is 12.1 Å². The second-order valence-corrected chi connectivity index (χ2v) is 9.54. The Bertz CT molecular complexity index is 1980. The van der Waals surface area contributed by atoms with E-state index in [1.54, 1.807) is 24.8 Å². The molecule has 5 aromatic heterocycles. The lowest BCUT2D eigenvalue weighted by atomic mass is 10.0. The van der Waals surface area contributed by atoms with Crippen molar-refractivity contribution in [2.75, 3.05) is 0 Å². The van der Waals surface area contributed by atoms with Gasteiger partial charge < -0.3 is 9.72 Å². The second kappa shape index (κ2) is 9.70. The quantitative estimate of drug-likeness (QED) is 0.251. The molecule has 40 heavy (non-hydrogen) atoms. The number of benzene rings is 2. The summed E-state index contributed by atoms with van der Waals surface area (Å²) in [4.78, 5) is 21.4. The Hall–Kier alpha value is -5.44. The van der Waals surface area contributed by atoms with Crippen molar-refractivity contribution in [3.8, 4) is 39.5 Å². The van der Waals surface area contributed by atoms with Crippen LogP contribution in [0, 0.1) is 12.7 Å². The number of hydrogen-bond acceptors (Lipinski definition) is 6. The van der Waals surface area contributed by atoms with Crippen molar-refractivity contribution >= 4 is 22.2 Å². The van der Waals surface area contributed by atoms with Gasteiger partial charge in [0, 0.05) is 35.3 Å². The summed E-state index contributed by atoms with van der Waals surface area (Å²) >= 11 is 0. The third-order valence-electron chi connectivity index (χ3n) is 6.69. The van der Waals surface area contributed by atoms with Crippen LogP contribution in [0.5, 0.6) is 5.75 Å². The zero-order chi connectivity index (χ0) is 27.1. The Kier molecular flexibility index (Phi) is 5.74. The first-order valence-electron chi connectivity index (χ1n) is 12.7. The highest BCUT2D eigenvalue weighted by Gasteiger charge is 2.17. The molecule has 7 rings (SSSR count). The van der Waals surface area contributed by atoms with Crippen LogP contribution in [0.15, 0.2) is 91.5 Å². The minimum absolute atomic E-state index is 0.290. The molecule has 2 N–H and O–H groups in total. The van der Waals surface area contributed by atoms with Gasteiger partial charge in [-0.15, -0.1) is 0 Å². The van der Waals surface area contributed by atoms with Crippen molar-refractivity contribution in [3.63, 3.8) is 0 Å². The number of nitrogens with one attached hydrogen (secondary N) is 2. The summed E-state index contributed by atoms with van der Waals surface area (Å²) < 4.78 is 20.1. The monoisotopic (exact) mass is 527 g/mol. The lowest BCUT2D eigenvalue weighted by Crippen LogP contribution is -1.96. The van der Waals surface area contributed by atoms with Crippen LogP contribution < -0.4 is 4.74 Å². The maximum absolute atomic E-state index is 14.2. The normalized spacial score (nSPS) is 11.3. The van der Waals surface area contributed by atoms with Gasteiger partial charge in [0.05, 0.1) is 17.1 Å². The molecule has 0 aliphatic heterocycles. The molecule has 7 aromatic rings. The van der Waals surface area contributed by atoms with E-state index in [-0.39, 0.29) is 5.82 Å². The van der Waals surface area contributed by atoms with Gasteiger partial charge in [-0.05, 0) is 53.9 Å². The third kappa shape index (κ3) is 4.43. The molecule has 8 nitrogen and oxygen atoms in total. The molecular formula is C31H22FN7O. The fourth-order valence-corrected chi connectivity index (χ4v) is 4.80. The van der Waals surface area contributed by atoms with E-state index in [9.17, 15) is 4.39 Å². The van der Waals surface area contributed by atoms with Gasteiger partial charge in [-0.3, -0.25) is 10.1 Å². The third-order valence-corrected chi connectivity index (χ3v) is 6.69. The summed E-state index contributed by atoms with van der Waals surface area (Å²) in [7, 11) is 0. The van der Waals surface area contributed by atoms with Crippen LogP contribution in [0.4, 0.5) is 4.39 Å². The Morgan fingerprint density at radius 3 is 2.60 bits per heavy atom. The van der Waals surface area contributed by atoms with E-state index in [0.29, 0.717) is 40.7 Å². The van der Waals surface area contributed by atoms with Crippen LogP contribution in [0.1, 0.15) is 11.1 Å². The van der Waals surface area contributed by atoms with Gasteiger partial charge in [-0.25, -0.2) is 19.3 Å². The fraction of sp³-hybridized carbons (Fsp3) is 0.0645. The number of aryl methyl sites for hydroxylation is 1. The lowest BCUT2D eigenvalue weighted by molar-refractivity contribution is 0.305. The summed E-state index contributed by atoms with van der Waals surface area (Å²) in [6.45, 7) is 2.32. The molecule has 0 unspecified atom stereocenters. The highest BCUT2D eigenvalue weighted by Crippen LogP contribution is 2.33. The number of rotatable bonds is 6. The van der Waals surface area contributed by atoms with Crippen LogP contribution in [0.2, 0.25) is 0 Å². The van der Waals surface area contributed by atoms with Crippen molar-refractivity contribution in [1.29, 1.82) is 0 Å². The van der Waals surface area contributed by atoms with Gasteiger partial charge >= 0.3 is 0 Å². The molecule has 0 fully saturated rings. The number of H-pyrrole nitrogens is 2. The first kappa shape index (κ1) is 23.7. The van der Waals surface area contributed by atoms with Crippen LogP contribution in [-0.4, -0.2) is 35.1 Å². The SMILES string of the molecule is Cc1cc(F)cc(-c2ccnc3nc(-c4[nH]nc5ncc(-c6cncc(OCc7ccccc7)c6)cc45)[nH]c23)c1. The molecule has 0 radical (unpaired) electrons. The number of fused-ring (bicyclic) bond motifs is 2. The number of aromatic nitrogens is 7. The van der Waals surface area contributed by atoms with Gasteiger partial charge in [0.15, 0.2) is 17.1 Å². The van der Waals surface area contributed by atoms with Gasteiger partial charge in [-0.2, -0.15) is 5.10 Å². The highest BCUT2D eigenvalue weighted by atomic mass is 19.1. The largest absolute Gasteiger partial charge is 0.487 e. The predicted molar refractivity (Wildman–Crippen MR) is 151 cm³/mol. The smallest absolute Gasteiger partial charge is 0.181 e. The van der Waals surface area contributed by atoms with Crippen LogP contribution in [-0.2, 0) is 6.61 Å². The second-order valence-electron chi connectivity index (χ2n) is 9.54.